The van der Waals surface area contributed by atoms with Crippen molar-refractivity contribution in [3.63, 3.8) is 0 Å². The molecule has 0 fully saturated rings. The summed E-state index contributed by atoms with van der Waals surface area (Å²) in [7, 11) is 1.54. The Bertz CT molecular complexity index is 828. The van der Waals surface area contributed by atoms with Crippen LogP contribution in [0.4, 0.5) is 0 Å². The number of methoxy groups -OCH3 is 1. The van der Waals surface area contributed by atoms with Gasteiger partial charge >= 0.3 is 0 Å². The number of hydrogen-bond donors (Lipinski definition) is 0. The monoisotopic (exact) mass is 294 g/mol. The summed E-state index contributed by atoms with van der Waals surface area (Å²) in [6.45, 7) is 0. The predicted octanol–water partition coefficient (Wildman–Crippen LogP) is 2.40. The van der Waals surface area contributed by atoms with Gasteiger partial charge in [0.15, 0.2) is 0 Å². The SMILES string of the molecule is COc1ccc(Oc2ccc3c(C(=O)[O-])cccc3c2)cn1. The van der Waals surface area contributed by atoms with Gasteiger partial charge in [-0.05, 0) is 29.0 Å². The van der Waals surface area contributed by atoms with E-state index in [0.717, 1.165) is 5.39 Å². The van der Waals surface area contributed by atoms with Gasteiger partial charge < -0.3 is 19.4 Å². The molecular weight excluding hydrogens is 282 g/mol. The summed E-state index contributed by atoms with van der Waals surface area (Å²) in [6.07, 6.45) is 1.56. The van der Waals surface area contributed by atoms with E-state index < -0.39 is 5.97 Å². The lowest BCUT2D eigenvalue weighted by atomic mass is 10.0. The standard InChI is InChI=1S/C17H13NO4/c1-21-16-8-6-13(10-18-16)22-12-5-7-14-11(9-12)3-2-4-15(14)17(19)20/h2-10H,1H3,(H,19,20)/p-1. The highest BCUT2D eigenvalue weighted by Gasteiger charge is 2.04. The third-order valence-electron chi connectivity index (χ3n) is 3.23. The van der Waals surface area contributed by atoms with E-state index in [2.05, 4.69) is 4.98 Å². The normalized spacial score (nSPS) is 10.4. The van der Waals surface area contributed by atoms with Gasteiger partial charge in [0.1, 0.15) is 11.5 Å². The van der Waals surface area contributed by atoms with Crippen LogP contribution in [0.15, 0.2) is 54.7 Å². The molecule has 3 rings (SSSR count). The van der Waals surface area contributed by atoms with Gasteiger partial charge in [-0.3, -0.25) is 0 Å². The Morgan fingerprint density at radius 1 is 1.09 bits per heavy atom. The first-order chi connectivity index (χ1) is 10.7. The number of pyridine rings is 1. The molecule has 3 aromatic rings. The number of carboxylic acid groups (broad SMARTS) is 1. The average Bonchev–Trinajstić information content (AvgIpc) is 2.54. The van der Waals surface area contributed by atoms with Gasteiger partial charge in [0, 0.05) is 11.6 Å². The Kier molecular flexibility index (Phi) is 3.62. The minimum Gasteiger partial charge on any atom is -0.545 e. The highest BCUT2D eigenvalue weighted by Crippen LogP contribution is 2.27. The summed E-state index contributed by atoms with van der Waals surface area (Å²) in [5.41, 5.74) is 0.162. The van der Waals surface area contributed by atoms with Gasteiger partial charge in [0.2, 0.25) is 5.88 Å². The second-order valence-electron chi connectivity index (χ2n) is 4.61. The molecule has 0 spiro atoms. The van der Waals surface area contributed by atoms with E-state index in [1.165, 1.54) is 6.07 Å². The maximum atomic E-state index is 11.1. The van der Waals surface area contributed by atoms with E-state index in [4.69, 9.17) is 9.47 Å². The molecule has 0 N–H and O–H groups in total. The van der Waals surface area contributed by atoms with Crippen molar-refractivity contribution in [2.24, 2.45) is 0 Å². The van der Waals surface area contributed by atoms with Crippen LogP contribution in [0.1, 0.15) is 10.4 Å². The average molecular weight is 294 g/mol. The van der Waals surface area contributed by atoms with E-state index >= 15 is 0 Å². The highest BCUT2D eigenvalue weighted by molar-refractivity contribution is 6.03. The molecule has 2 aromatic carbocycles. The molecule has 0 radical (unpaired) electrons. The number of aromatic nitrogens is 1. The largest absolute Gasteiger partial charge is 0.545 e. The van der Waals surface area contributed by atoms with Crippen molar-refractivity contribution in [1.82, 2.24) is 4.98 Å². The van der Waals surface area contributed by atoms with Crippen LogP contribution in [0, 0.1) is 0 Å². The second-order valence-corrected chi connectivity index (χ2v) is 4.61. The van der Waals surface area contributed by atoms with Crippen LogP contribution in [0.3, 0.4) is 0 Å². The highest BCUT2D eigenvalue weighted by atomic mass is 16.5. The topological polar surface area (TPSA) is 71.5 Å². The zero-order valence-corrected chi connectivity index (χ0v) is 11.8. The second kappa shape index (κ2) is 5.73. The van der Waals surface area contributed by atoms with Crippen LogP contribution in [0.2, 0.25) is 0 Å². The lowest BCUT2D eigenvalue weighted by Crippen LogP contribution is -2.22. The van der Waals surface area contributed by atoms with Crippen LogP contribution in [-0.4, -0.2) is 18.1 Å². The molecule has 110 valence electrons. The predicted molar refractivity (Wildman–Crippen MR) is 79.1 cm³/mol. The number of carboxylic acids is 1. The molecular formula is C17H12NO4-. The molecule has 1 aromatic heterocycles. The van der Waals surface area contributed by atoms with E-state index in [0.29, 0.717) is 22.8 Å². The van der Waals surface area contributed by atoms with Gasteiger partial charge in [0.25, 0.3) is 0 Å². The summed E-state index contributed by atoms with van der Waals surface area (Å²) < 4.78 is 10.7. The van der Waals surface area contributed by atoms with Crippen LogP contribution >= 0.6 is 0 Å². The number of hydrogen-bond acceptors (Lipinski definition) is 5. The fraction of sp³-hybridized carbons (Fsp3) is 0.0588. The zero-order chi connectivity index (χ0) is 15.5. The Labute approximate surface area is 126 Å². The maximum absolute atomic E-state index is 11.1. The van der Waals surface area contributed by atoms with Gasteiger partial charge in [0.05, 0.1) is 19.3 Å². The first kappa shape index (κ1) is 13.9. The fourth-order valence-electron chi connectivity index (χ4n) is 2.19. The van der Waals surface area contributed by atoms with Gasteiger partial charge in [-0.2, -0.15) is 0 Å². The first-order valence-corrected chi connectivity index (χ1v) is 6.59. The molecule has 0 unspecified atom stereocenters. The van der Waals surface area contributed by atoms with Crippen LogP contribution in [0.25, 0.3) is 10.8 Å². The number of rotatable bonds is 4. The van der Waals surface area contributed by atoms with Crippen molar-refractivity contribution in [2.45, 2.75) is 0 Å². The summed E-state index contributed by atoms with van der Waals surface area (Å²) in [4.78, 5) is 15.1. The number of nitrogens with zero attached hydrogens (tertiary/aromatic N) is 1. The lowest BCUT2D eigenvalue weighted by molar-refractivity contribution is -0.254. The van der Waals surface area contributed by atoms with E-state index in [-0.39, 0.29) is 5.56 Å². The van der Waals surface area contributed by atoms with Crippen LogP contribution in [-0.2, 0) is 0 Å². The lowest BCUT2D eigenvalue weighted by Gasteiger charge is -2.10. The van der Waals surface area contributed by atoms with Crippen molar-refractivity contribution in [3.8, 4) is 17.4 Å². The van der Waals surface area contributed by atoms with Gasteiger partial charge in [-0.15, -0.1) is 0 Å². The Morgan fingerprint density at radius 2 is 1.91 bits per heavy atom. The number of carbonyl (C=O) groups excluding carboxylic acids is 1. The molecule has 0 saturated carbocycles. The van der Waals surface area contributed by atoms with Crippen molar-refractivity contribution in [3.05, 3.63) is 60.3 Å². The zero-order valence-electron chi connectivity index (χ0n) is 11.8. The van der Waals surface area contributed by atoms with E-state index in [1.54, 1.807) is 49.7 Å². The molecule has 0 aliphatic carbocycles. The molecule has 5 nitrogen and oxygen atoms in total. The fourth-order valence-corrected chi connectivity index (χ4v) is 2.19. The maximum Gasteiger partial charge on any atom is 0.213 e. The molecule has 0 bridgehead atoms. The third-order valence-corrected chi connectivity index (χ3v) is 3.23. The molecule has 0 atom stereocenters. The number of aromatic carboxylic acids is 1. The summed E-state index contributed by atoms with van der Waals surface area (Å²) in [6, 6.07) is 13.6. The van der Waals surface area contributed by atoms with Crippen LogP contribution in [0.5, 0.6) is 17.4 Å². The molecule has 0 aliphatic rings. The summed E-state index contributed by atoms with van der Waals surface area (Å²) >= 11 is 0. The van der Waals surface area contributed by atoms with Crippen molar-refractivity contribution >= 4 is 16.7 Å². The quantitative estimate of drug-likeness (QED) is 0.739. The van der Waals surface area contributed by atoms with Crippen molar-refractivity contribution < 1.29 is 19.4 Å². The molecule has 0 aliphatic heterocycles. The number of fused-ring (bicyclic) bond motifs is 1. The first-order valence-electron chi connectivity index (χ1n) is 6.59. The van der Waals surface area contributed by atoms with E-state index in [9.17, 15) is 9.90 Å². The molecule has 0 amide bonds. The number of carbonyl (C=O) groups is 1. The minimum atomic E-state index is -1.20. The van der Waals surface area contributed by atoms with Crippen LogP contribution < -0.4 is 14.6 Å². The number of benzene rings is 2. The van der Waals surface area contributed by atoms with Gasteiger partial charge in [-0.25, -0.2) is 4.98 Å². The molecule has 0 saturated heterocycles. The Balaban J connectivity index is 1.93. The van der Waals surface area contributed by atoms with Crippen molar-refractivity contribution in [2.75, 3.05) is 7.11 Å². The van der Waals surface area contributed by atoms with Crippen molar-refractivity contribution in [1.29, 1.82) is 0 Å². The minimum absolute atomic E-state index is 0.162. The van der Waals surface area contributed by atoms with Gasteiger partial charge in [-0.1, -0.05) is 24.3 Å². The smallest absolute Gasteiger partial charge is 0.213 e. The number of ether oxygens (including phenoxy) is 2. The molecule has 22 heavy (non-hydrogen) atoms. The Hall–Kier alpha value is -3.08. The van der Waals surface area contributed by atoms with E-state index in [1.807, 2.05) is 6.07 Å². The summed E-state index contributed by atoms with van der Waals surface area (Å²) in [5, 5.41) is 12.5. The Morgan fingerprint density at radius 3 is 2.59 bits per heavy atom. The molecule has 1 heterocycles. The molecule has 5 heteroatoms. The third kappa shape index (κ3) is 2.69. The summed E-state index contributed by atoms with van der Waals surface area (Å²) in [5.74, 6) is 0.467.